The van der Waals surface area contributed by atoms with Crippen LogP contribution in [0, 0.1) is 0 Å². The first kappa shape index (κ1) is 16.8. The van der Waals surface area contributed by atoms with Crippen LogP contribution in [0.3, 0.4) is 0 Å². The second kappa shape index (κ2) is 8.75. The number of methoxy groups -OCH3 is 1. The molecule has 3 N–H and O–H groups in total. The normalized spacial score (nSPS) is 10.3. The predicted molar refractivity (Wildman–Crippen MR) is 88.2 cm³/mol. The van der Waals surface area contributed by atoms with E-state index in [1.807, 2.05) is 24.3 Å². The minimum Gasteiger partial charge on any atom is -0.494 e. The fourth-order valence-corrected chi connectivity index (χ4v) is 1.98. The minimum absolute atomic E-state index is 0.227. The largest absolute Gasteiger partial charge is 0.494 e. The topological polar surface area (TPSA) is 86.5 Å². The molecule has 0 spiro atoms. The highest BCUT2D eigenvalue weighted by atomic mass is 16.5. The molecule has 2 rings (SSSR count). The van der Waals surface area contributed by atoms with E-state index in [0.29, 0.717) is 25.3 Å². The number of amides is 1. The van der Waals surface area contributed by atoms with E-state index in [0.717, 1.165) is 17.7 Å². The van der Waals surface area contributed by atoms with Gasteiger partial charge < -0.3 is 20.5 Å². The number of ether oxygens (including phenoxy) is 2. The van der Waals surface area contributed by atoms with Crippen LogP contribution >= 0.6 is 0 Å². The number of nitrogens with zero attached hydrogens (tertiary/aromatic N) is 1. The highest BCUT2D eigenvalue weighted by molar-refractivity contribution is 5.98. The smallest absolute Gasteiger partial charge is 0.255 e. The SMILES string of the molecule is COCCCOc1ccc(CNC(=O)c2cccnc2N)cc1. The van der Waals surface area contributed by atoms with E-state index in [-0.39, 0.29) is 11.7 Å². The van der Waals surface area contributed by atoms with Crippen molar-refractivity contribution >= 4 is 11.7 Å². The Morgan fingerprint density at radius 1 is 1.22 bits per heavy atom. The van der Waals surface area contributed by atoms with Crippen molar-refractivity contribution in [2.24, 2.45) is 0 Å². The molecule has 0 aliphatic carbocycles. The van der Waals surface area contributed by atoms with Gasteiger partial charge in [0.15, 0.2) is 0 Å². The van der Waals surface area contributed by atoms with Crippen LogP contribution in [0.15, 0.2) is 42.6 Å². The molecule has 1 amide bonds. The first-order valence-corrected chi connectivity index (χ1v) is 7.40. The van der Waals surface area contributed by atoms with Crippen LogP contribution in [0.5, 0.6) is 5.75 Å². The van der Waals surface area contributed by atoms with Crippen LogP contribution in [0.2, 0.25) is 0 Å². The molecule has 0 aliphatic rings. The maximum absolute atomic E-state index is 12.0. The summed E-state index contributed by atoms with van der Waals surface area (Å²) in [6.45, 7) is 1.71. The Morgan fingerprint density at radius 2 is 2.00 bits per heavy atom. The fraction of sp³-hybridized carbons (Fsp3) is 0.294. The molecule has 0 atom stereocenters. The van der Waals surface area contributed by atoms with Crippen LogP contribution in [-0.2, 0) is 11.3 Å². The molecule has 1 heterocycles. The van der Waals surface area contributed by atoms with Crippen molar-refractivity contribution in [1.82, 2.24) is 10.3 Å². The molecule has 6 heteroatoms. The molecule has 0 fully saturated rings. The van der Waals surface area contributed by atoms with Gasteiger partial charge in [-0.05, 0) is 29.8 Å². The molecule has 0 saturated carbocycles. The number of hydrogen-bond acceptors (Lipinski definition) is 5. The van der Waals surface area contributed by atoms with Crippen LogP contribution in [0.25, 0.3) is 0 Å². The lowest BCUT2D eigenvalue weighted by Crippen LogP contribution is -2.24. The first-order chi connectivity index (χ1) is 11.2. The molecule has 0 saturated heterocycles. The Labute approximate surface area is 135 Å². The first-order valence-electron chi connectivity index (χ1n) is 7.40. The Morgan fingerprint density at radius 3 is 2.70 bits per heavy atom. The number of nitrogens with two attached hydrogens (primary N) is 1. The Hall–Kier alpha value is -2.60. The van der Waals surface area contributed by atoms with Gasteiger partial charge in [0.1, 0.15) is 11.6 Å². The van der Waals surface area contributed by atoms with Crippen molar-refractivity contribution in [1.29, 1.82) is 0 Å². The quantitative estimate of drug-likeness (QED) is 0.728. The van der Waals surface area contributed by atoms with Gasteiger partial charge in [0.2, 0.25) is 0 Å². The van der Waals surface area contributed by atoms with Gasteiger partial charge in [-0.15, -0.1) is 0 Å². The predicted octanol–water partition coefficient (Wildman–Crippen LogP) is 2.01. The van der Waals surface area contributed by atoms with Gasteiger partial charge in [0.05, 0.1) is 12.2 Å². The number of benzene rings is 1. The Kier molecular flexibility index (Phi) is 6.38. The molecule has 0 bridgehead atoms. The van der Waals surface area contributed by atoms with Crippen molar-refractivity contribution < 1.29 is 14.3 Å². The summed E-state index contributed by atoms with van der Waals surface area (Å²) in [4.78, 5) is 15.9. The van der Waals surface area contributed by atoms with E-state index in [1.54, 1.807) is 25.4 Å². The molecule has 23 heavy (non-hydrogen) atoms. The van der Waals surface area contributed by atoms with E-state index in [2.05, 4.69) is 10.3 Å². The molecule has 1 aromatic heterocycles. The standard InChI is InChI=1S/C17H21N3O3/c1-22-10-3-11-23-14-7-5-13(6-8-14)12-20-17(21)15-4-2-9-19-16(15)18/h2,4-9H,3,10-12H2,1H3,(H2,18,19)(H,20,21). The zero-order chi connectivity index (χ0) is 16.5. The zero-order valence-corrected chi connectivity index (χ0v) is 13.1. The summed E-state index contributed by atoms with van der Waals surface area (Å²) in [7, 11) is 1.67. The third kappa shape index (κ3) is 5.27. The molecule has 122 valence electrons. The number of carbonyl (C=O) groups excluding carboxylic acids is 1. The van der Waals surface area contributed by atoms with Crippen molar-refractivity contribution in [3.05, 3.63) is 53.7 Å². The summed E-state index contributed by atoms with van der Waals surface area (Å²) >= 11 is 0. The second-order valence-electron chi connectivity index (χ2n) is 4.96. The fourth-order valence-electron chi connectivity index (χ4n) is 1.98. The molecular formula is C17H21N3O3. The van der Waals surface area contributed by atoms with E-state index < -0.39 is 0 Å². The highest BCUT2D eigenvalue weighted by Gasteiger charge is 2.09. The zero-order valence-electron chi connectivity index (χ0n) is 13.1. The highest BCUT2D eigenvalue weighted by Crippen LogP contribution is 2.13. The molecule has 1 aromatic carbocycles. The van der Waals surface area contributed by atoms with Crippen molar-refractivity contribution in [2.75, 3.05) is 26.1 Å². The molecule has 0 unspecified atom stereocenters. The van der Waals surface area contributed by atoms with Gasteiger partial charge in [-0.1, -0.05) is 12.1 Å². The Bertz CT molecular complexity index is 629. The van der Waals surface area contributed by atoms with Gasteiger partial charge >= 0.3 is 0 Å². The van der Waals surface area contributed by atoms with Crippen molar-refractivity contribution in [3.63, 3.8) is 0 Å². The van der Waals surface area contributed by atoms with Crippen LogP contribution in [-0.4, -0.2) is 31.2 Å². The van der Waals surface area contributed by atoms with Gasteiger partial charge in [-0.2, -0.15) is 0 Å². The number of anilines is 1. The van der Waals surface area contributed by atoms with Gasteiger partial charge in [0.25, 0.3) is 5.91 Å². The minimum atomic E-state index is -0.240. The molecule has 2 aromatic rings. The lowest BCUT2D eigenvalue weighted by atomic mass is 10.2. The van der Waals surface area contributed by atoms with Crippen molar-refractivity contribution in [2.45, 2.75) is 13.0 Å². The van der Waals surface area contributed by atoms with E-state index in [4.69, 9.17) is 15.2 Å². The molecular weight excluding hydrogens is 294 g/mol. The summed E-state index contributed by atoms with van der Waals surface area (Å²) in [5.41, 5.74) is 7.04. The van der Waals surface area contributed by atoms with Gasteiger partial charge in [-0.3, -0.25) is 4.79 Å². The van der Waals surface area contributed by atoms with Crippen molar-refractivity contribution in [3.8, 4) is 5.75 Å². The summed E-state index contributed by atoms with van der Waals surface area (Å²) in [5, 5.41) is 2.82. The molecule has 0 radical (unpaired) electrons. The Balaban J connectivity index is 1.82. The number of aromatic nitrogens is 1. The van der Waals surface area contributed by atoms with Gasteiger partial charge in [0, 0.05) is 32.9 Å². The number of nitrogens with one attached hydrogen (secondary N) is 1. The third-order valence-corrected chi connectivity index (χ3v) is 3.22. The lowest BCUT2D eigenvalue weighted by Gasteiger charge is -2.09. The second-order valence-corrected chi connectivity index (χ2v) is 4.96. The average Bonchev–Trinajstić information content (AvgIpc) is 2.58. The average molecular weight is 315 g/mol. The summed E-state index contributed by atoms with van der Waals surface area (Å²) in [5.74, 6) is 0.785. The van der Waals surface area contributed by atoms with Crippen LogP contribution in [0.4, 0.5) is 5.82 Å². The van der Waals surface area contributed by atoms with Crippen LogP contribution < -0.4 is 15.8 Å². The molecule has 6 nitrogen and oxygen atoms in total. The number of pyridine rings is 1. The number of rotatable bonds is 8. The number of nitrogen functional groups attached to an aromatic ring is 1. The van der Waals surface area contributed by atoms with E-state index in [9.17, 15) is 4.79 Å². The van der Waals surface area contributed by atoms with Crippen LogP contribution in [0.1, 0.15) is 22.3 Å². The molecule has 0 aliphatic heterocycles. The van der Waals surface area contributed by atoms with E-state index in [1.165, 1.54) is 0 Å². The maximum Gasteiger partial charge on any atom is 0.255 e. The summed E-state index contributed by atoms with van der Waals surface area (Å²) < 4.78 is 10.5. The van der Waals surface area contributed by atoms with E-state index >= 15 is 0 Å². The number of carbonyl (C=O) groups is 1. The summed E-state index contributed by atoms with van der Waals surface area (Å²) in [6, 6.07) is 10.9. The summed E-state index contributed by atoms with van der Waals surface area (Å²) in [6.07, 6.45) is 2.40. The van der Waals surface area contributed by atoms with Gasteiger partial charge in [-0.25, -0.2) is 4.98 Å². The third-order valence-electron chi connectivity index (χ3n) is 3.22. The maximum atomic E-state index is 12.0. The lowest BCUT2D eigenvalue weighted by molar-refractivity contribution is 0.0951. The number of hydrogen-bond donors (Lipinski definition) is 2. The monoisotopic (exact) mass is 315 g/mol.